The largest absolute Gasteiger partial charge is 0.362 e. The molecule has 4 aromatic rings. The molecular weight excluding hydrogens is 432 g/mol. The van der Waals surface area contributed by atoms with Crippen molar-refractivity contribution in [3.8, 4) is 11.3 Å². The van der Waals surface area contributed by atoms with Gasteiger partial charge in [0.05, 0.1) is 11.2 Å². The fraction of sp³-hybridized carbons (Fsp3) is 0.345. The third-order valence-electron chi connectivity index (χ3n) is 6.86. The quantitative estimate of drug-likeness (QED) is 0.357. The molecule has 35 heavy (non-hydrogen) atoms. The summed E-state index contributed by atoms with van der Waals surface area (Å²) >= 11 is 0. The molecule has 1 aliphatic carbocycles. The summed E-state index contributed by atoms with van der Waals surface area (Å²) in [6, 6.07) is 23.4. The SMILES string of the molecule is CN(C)c1nc(NC2CCC(CNCc3ccc(-c4ccccn4)cc3)CC2)nc2ccccc12. The summed E-state index contributed by atoms with van der Waals surface area (Å²) in [5.74, 6) is 2.42. The van der Waals surface area contributed by atoms with Gasteiger partial charge >= 0.3 is 0 Å². The molecule has 6 heteroatoms. The highest BCUT2D eigenvalue weighted by Gasteiger charge is 2.22. The molecule has 0 bridgehead atoms. The summed E-state index contributed by atoms with van der Waals surface area (Å²) < 4.78 is 0. The van der Waals surface area contributed by atoms with Gasteiger partial charge in [0.1, 0.15) is 5.82 Å². The number of anilines is 2. The lowest BCUT2D eigenvalue weighted by Gasteiger charge is -2.29. The summed E-state index contributed by atoms with van der Waals surface area (Å²) in [5.41, 5.74) is 4.47. The minimum Gasteiger partial charge on any atom is -0.362 e. The molecule has 0 saturated heterocycles. The predicted molar refractivity (Wildman–Crippen MR) is 145 cm³/mol. The van der Waals surface area contributed by atoms with Crippen LogP contribution in [-0.4, -0.2) is 41.6 Å². The number of pyridine rings is 1. The summed E-state index contributed by atoms with van der Waals surface area (Å²) in [5, 5.41) is 8.37. The van der Waals surface area contributed by atoms with Crippen LogP contribution in [0.5, 0.6) is 0 Å². The molecule has 0 radical (unpaired) electrons. The van der Waals surface area contributed by atoms with Crippen LogP contribution in [0.3, 0.4) is 0 Å². The van der Waals surface area contributed by atoms with Gasteiger partial charge in [0.15, 0.2) is 0 Å². The molecule has 2 aromatic carbocycles. The zero-order valence-electron chi connectivity index (χ0n) is 20.6. The van der Waals surface area contributed by atoms with E-state index in [4.69, 9.17) is 9.97 Å². The summed E-state index contributed by atoms with van der Waals surface area (Å²) in [4.78, 5) is 16.1. The van der Waals surface area contributed by atoms with Crippen molar-refractivity contribution < 1.29 is 0 Å². The molecule has 6 nitrogen and oxygen atoms in total. The Morgan fingerprint density at radius 2 is 1.63 bits per heavy atom. The number of hydrogen-bond donors (Lipinski definition) is 2. The monoisotopic (exact) mass is 466 g/mol. The van der Waals surface area contributed by atoms with E-state index in [2.05, 4.69) is 56.9 Å². The average Bonchev–Trinajstić information content (AvgIpc) is 2.90. The summed E-state index contributed by atoms with van der Waals surface area (Å²) in [6.07, 6.45) is 6.58. The standard InChI is InChI=1S/C29H34N6/c1-35(2)28-25-7-3-4-9-27(25)33-29(34-28)32-24-16-12-22(13-17-24)20-30-19-21-10-14-23(15-11-21)26-8-5-6-18-31-26/h3-11,14-15,18,22,24,30H,12-13,16-17,19-20H2,1-2H3,(H,32,33,34). The fourth-order valence-electron chi connectivity index (χ4n) is 4.91. The maximum absolute atomic E-state index is 4.81. The highest BCUT2D eigenvalue weighted by molar-refractivity contribution is 5.90. The molecule has 0 atom stereocenters. The third kappa shape index (κ3) is 5.77. The van der Waals surface area contributed by atoms with Crippen LogP contribution in [0.15, 0.2) is 72.9 Å². The topological polar surface area (TPSA) is 66.0 Å². The van der Waals surface area contributed by atoms with Crippen molar-refractivity contribution >= 4 is 22.7 Å². The van der Waals surface area contributed by atoms with Gasteiger partial charge in [-0.2, -0.15) is 4.98 Å². The van der Waals surface area contributed by atoms with Crippen molar-refractivity contribution in [3.63, 3.8) is 0 Å². The van der Waals surface area contributed by atoms with E-state index in [9.17, 15) is 0 Å². The van der Waals surface area contributed by atoms with Crippen molar-refractivity contribution in [3.05, 3.63) is 78.5 Å². The normalized spacial score (nSPS) is 17.9. The number of para-hydroxylation sites is 1. The van der Waals surface area contributed by atoms with Crippen molar-refractivity contribution in [1.29, 1.82) is 0 Å². The Kier molecular flexibility index (Phi) is 7.19. The van der Waals surface area contributed by atoms with Crippen LogP contribution in [0.2, 0.25) is 0 Å². The maximum atomic E-state index is 4.81. The van der Waals surface area contributed by atoms with Gasteiger partial charge in [-0.1, -0.05) is 42.5 Å². The zero-order valence-corrected chi connectivity index (χ0v) is 20.6. The molecule has 1 saturated carbocycles. The Hall–Kier alpha value is -3.51. The van der Waals surface area contributed by atoms with Crippen molar-refractivity contribution in [2.45, 2.75) is 38.3 Å². The Bertz CT molecular complexity index is 1230. The van der Waals surface area contributed by atoms with E-state index >= 15 is 0 Å². The van der Waals surface area contributed by atoms with E-state index in [1.165, 1.54) is 18.4 Å². The second-order valence-corrected chi connectivity index (χ2v) is 9.69. The van der Waals surface area contributed by atoms with E-state index in [0.29, 0.717) is 6.04 Å². The van der Waals surface area contributed by atoms with E-state index in [1.807, 2.05) is 50.6 Å². The Morgan fingerprint density at radius 1 is 0.857 bits per heavy atom. The van der Waals surface area contributed by atoms with Gasteiger partial charge in [0.25, 0.3) is 0 Å². The average molecular weight is 467 g/mol. The number of nitrogens with zero attached hydrogens (tertiary/aromatic N) is 4. The minimum atomic E-state index is 0.432. The molecular formula is C29H34N6. The van der Waals surface area contributed by atoms with E-state index in [1.54, 1.807) is 0 Å². The lowest BCUT2D eigenvalue weighted by atomic mass is 9.86. The lowest BCUT2D eigenvalue weighted by Crippen LogP contribution is -2.31. The predicted octanol–water partition coefficient (Wildman–Crippen LogP) is 5.52. The van der Waals surface area contributed by atoms with Crippen LogP contribution in [0.25, 0.3) is 22.2 Å². The van der Waals surface area contributed by atoms with Crippen LogP contribution < -0.4 is 15.5 Å². The number of hydrogen-bond acceptors (Lipinski definition) is 6. The smallest absolute Gasteiger partial charge is 0.225 e. The number of aromatic nitrogens is 3. The van der Waals surface area contributed by atoms with Crippen LogP contribution in [0.1, 0.15) is 31.2 Å². The van der Waals surface area contributed by atoms with Gasteiger partial charge in [-0.25, -0.2) is 4.98 Å². The highest BCUT2D eigenvalue weighted by Crippen LogP contribution is 2.28. The number of nitrogens with one attached hydrogen (secondary N) is 2. The molecule has 0 unspecified atom stereocenters. The Labute approximate surface area is 207 Å². The van der Waals surface area contributed by atoms with E-state index in [0.717, 1.165) is 65.8 Å². The highest BCUT2D eigenvalue weighted by atomic mass is 15.2. The number of rotatable bonds is 8. The molecule has 2 aromatic heterocycles. The van der Waals surface area contributed by atoms with Gasteiger partial charge in [-0.3, -0.25) is 4.98 Å². The Balaban J connectivity index is 1.09. The van der Waals surface area contributed by atoms with Crippen molar-refractivity contribution in [2.75, 3.05) is 30.9 Å². The van der Waals surface area contributed by atoms with Crippen LogP contribution in [0.4, 0.5) is 11.8 Å². The molecule has 1 aliphatic rings. The first-order valence-corrected chi connectivity index (χ1v) is 12.6. The van der Waals surface area contributed by atoms with Crippen LogP contribution >= 0.6 is 0 Å². The fourth-order valence-corrected chi connectivity index (χ4v) is 4.91. The van der Waals surface area contributed by atoms with Crippen molar-refractivity contribution in [1.82, 2.24) is 20.3 Å². The molecule has 0 amide bonds. The molecule has 5 rings (SSSR count). The molecule has 0 aliphatic heterocycles. The third-order valence-corrected chi connectivity index (χ3v) is 6.86. The maximum Gasteiger partial charge on any atom is 0.225 e. The molecule has 180 valence electrons. The van der Waals surface area contributed by atoms with Gasteiger partial charge < -0.3 is 15.5 Å². The van der Waals surface area contributed by atoms with Crippen molar-refractivity contribution in [2.24, 2.45) is 5.92 Å². The van der Waals surface area contributed by atoms with Crippen LogP contribution in [-0.2, 0) is 6.54 Å². The van der Waals surface area contributed by atoms with Crippen LogP contribution in [0, 0.1) is 5.92 Å². The van der Waals surface area contributed by atoms with Gasteiger partial charge in [0.2, 0.25) is 5.95 Å². The Morgan fingerprint density at radius 3 is 2.37 bits per heavy atom. The summed E-state index contributed by atoms with van der Waals surface area (Å²) in [6.45, 7) is 1.96. The van der Waals surface area contributed by atoms with Gasteiger partial charge in [-0.15, -0.1) is 0 Å². The van der Waals surface area contributed by atoms with E-state index < -0.39 is 0 Å². The first kappa shape index (κ1) is 23.2. The van der Waals surface area contributed by atoms with Gasteiger partial charge in [-0.05, 0) is 68.0 Å². The second kappa shape index (κ2) is 10.8. The molecule has 1 fully saturated rings. The minimum absolute atomic E-state index is 0.432. The molecule has 2 N–H and O–H groups in total. The second-order valence-electron chi connectivity index (χ2n) is 9.69. The number of fused-ring (bicyclic) bond motifs is 1. The van der Waals surface area contributed by atoms with E-state index in [-0.39, 0.29) is 0 Å². The zero-order chi connectivity index (χ0) is 24.0. The molecule has 0 spiro atoms. The first-order chi connectivity index (χ1) is 17.2. The summed E-state index contributed by atoms with van der Waals surface area (Å²) in [7, 11) is 4.07. The molecule has 2 heterocycles. The lowest BCUT2D eigenvalue weighted by molar-refractivity contribution is 0.324. The number of benzene rings is 2. The first-order valence-electron chi connectivity index (χ1n) is 12.6. The van der Waals surface area contributed by atoms with Gasteiger partial charge in [0, 0.05) is 43.8 Å².